The topological polar surface area (TPSA) is 148 Å². The van der Waals surface area contributed by atoms with Crippen molar-refractivity contribution < 1.29 is 19.4 Å². The Morgan fingerprint density at radius 2 is 2.17 bits per heavy atom. The third kappa shape index (κ3) is 5.97. The van der Waals surface area contributed by atoms with Crippen molar-refractivity contribution in [1.82, 2.24) is 29.9 Å². The first kappa shape index (κ1) is 24.2. The molecule has 0 spiro atoms. The van der Waals surface area contributed by atoms with Crippen LogP contribution in [-0.4, -0.2) is 60.6 Å². The second-order valence-corrected chi connectivity index (χ2v) is 8.72. The Hall–Kier alpha value is -3.90. The Labute approximate surface area is 205 Å². The Morgan fingerprint density at radius 3 is 2.86 bits per heavy atom. The molecule has 5 rings (SSSR count). The van der Waals surface area contributed by atoms with Crippen LogP contribution >= 0.6 is 11.3 Å². The second-order valence-electron chi connectivity index (χ2n) is 7.87. The molecule has 3 N–H and O–H groups in total. The van der Waals surface area contributed by atoms with Crippen LogP contribution in [0.1, 0.15) is 29.0 Å². The summed E-state index contributed by atoms with van der Waals surface area (Å²) in [5.41, 5.74) is 4.07. The maximum Gasteiger partial charge on any atom is 0.290 e. The number of thiazole rings is 1. The number of carbonyl (C=O) groups excluding carboxylic acids is 1. The fraction of sp³-hybridized carbons (Fsp3) is 0.304. The molecule has 1 amide bonds. The van der Waals surface area contributed by atoms with Crippen LogP contribution in [0.25, 0.3) is 22.0 Å². The zero-order valence-electron chi connectivity index (χ0n) is 19.0. The number of pyridine rings is 1. The number of amides is 1. The van der Waals surface area contributed by atoms with Gasteiger partial charge in [0.25, 0.3) is 12.4 Å². The summed E-state index contributed by atoms with van der Waals surface area (Å²) >= 11 is 1.41. The maximum absolute atomic E-state index is 13.0. The average molecular weight is 496 g/mol. The molecule has 0 aromatic carbocycles. The van der Waals surface area contributed by atoms with E-state index in [0.29, 0.717) is 28.7 Å². The number of nitrogens with one attached hydrogen (secondary N) is 2. The Balaban J connectivity index is 0.000000917. The predicted molar refractivity (Wildman–Crippen MR) is 130 cm³/mol. The van der Waals surface area contributed by atoms with Gasteiger partial charge in [0.15, 0.2) is 0 Å². The van der Waals surface area contributed by atoms with E-state index in [9.17, 15) is 4.79 Å². The van der Waals surface area contributed by atoms with E-state index in [1.807, 2.05) is 36.0 Å². The number of rotatable bonds is 6. The molecule has 1 aliphatic rings. The lowest BCUT2D eigenvalue weighted by molar-refractivity contribution is -0.122. The van der Waals surface area contributed by atoms with Crippen LogP contribution in [0.2, 0.25) is 0 Å². The van der Waals surface area contributed by atoms with Crippen LogP contribution in [0.4, 0.5) is 5.69 Å². The number of nitrogens with zero attached hydrogens (tertiary/aromatic N) is 5. The lowest BCUT2D eigenvalue weighted by Crippen LogP contribution is -2.20. The van der Waals surface area contributed by atoms with Gasteiger partial charge < -0.3 is 15.2 Å². The number of anilines is 1. The van der Waals surface area contributed by atoms with E-state index in [1.165, 1.54) is 11.3 Å². The van der Waals surface area contributed by atoms with Crippen LogP contribution in [0.15, 0.2) is 42.2 Å². The first-order valence-electron chi connectivity index (χ1n) is 11.0. The van der Waals surface area contributed by atoms with Crippen molar-refractivity contribution in [3.63, 3.8) is 0 Å². The molecule has 0 saturated carbocycles. The van der Waals surface area contributed by atoms with Crippen molar-refractivity contribution in [3.8, 4) is 22.0 Å². The monoisotopic (exact) mass is 495 g/mol. The van der Waals surface area contributed by atoms with Crippen LogP contribution in [0.3, 0.4) is 0 Å². The minimum atomic E-state index is -0.281. The van der Waals surface area contributed by atoms with Gasteiger partial charge in [0, 0.05) is 43.7 Å². The Bertz CT molecular complexity index is 1260. The lowest BCUT2D eigenvalue weighted by atomic mass is 10.0. The normalized spacial score (nSPS) is 13.6. The highest BCUT2D eigenvalue weighted by atomic mass is 32.1. The summed E-state index contributed by atoms with van der Waals surface area (Å²) < 4.78 is 7.36. The molecular weight excluding hydrogens is 470 g/mol. The highest BCUT2D eigenvalue weighted by Crippen LogP contribution is 2.29. The summed E-state index contributed by atoms with van der Waals surface area (Å²) in [4.78, 5) is 30.3. The Kier molecular flexibility index (Phi) is 7.95. The Morgan fingerprint density at radius 1 is 1.37 bits per heavy atom. The molecule has 0 aliphatic carbocycles. The minimum Gasteiger partial charge on any atom is -0.483 e. The van der Waals surface area contributed by atoms with E-state index >= 15 is 0 Å². The molecule has 0 radical (unpaired) electrons. The van der Waals surface area contributed by atoms with Crippen molar-refractivity contribution in [1.29, 1.82) is 0 Å². The van der Waals surface area contributed by atoms with E-state index in [-0.39, 0.29) is 12.4 Å². The minimum absolute atomic E-state index is 0.250. The van der Waals surface area contributed by atoms with Gasteiger partial charge in [0.2, 0.25) is 0 Å². The summed E-state index contributed by atoms with van der Waals surface area (Å²) in [5.74, 6) is 0.222. The zero-order chi connectivity index (χ0) is 24.6. The van der Waals surface area contributed by atoms with E-state index < -0.39 is 0 Å². The number of hydrogen-bond acceptors (Lipinski definition) is 8. The predicted octanol–water partition coefficient (Wildman–Crippen LogP) is 3.48. The molecule has 4 aromatic heterocycles. The van der Waals surface area contributed by atoms with Crippen LogP contribution < -0.4 is 5.32 Å². The second kappa shape index (κ2) is 11.5. The molecular formula is C23H25N7O4S. The molecule has 1 saturated heterocycles. The summed E-state index contributed by atoms with van der Waals surface area (Å²) in [6, 6.07) is 5.65. The average Bonchev–Trinajstić information content (AvgIpc) is 3.61. The SMILES string of the molecule is Cc1n[nH]cc1-c1nc(C(=O)Nc2cn(CC3CCOCC3)nc2-c2ccccn2)cs1.O=CO. The van der Waals surface area contributed by atoms with Gasteiger partial charge in [-0.1, -0.05) is 6.07 Å². The third-order valence-corrected chi connectivity index (χ3v) is 6.38. The number of aromatic amines is 1. The molecule has 11 nitrogen and oxygen atoms in total. The summed E-state index contributed by atoms with van der Waals surface area (Å²) in [5, 5.41) is 24.1. The van der Waals surface area contributed by atoms with Crippen LogP contribution in [-0.2, 0) is 16.1 Å². The number of aromatic nitrogens is 6. The van der Waals surface area contributed by atoms with Gasteiger partial charge in [-0.15, -0.1) is 11.3 Å². The summed E-state index contributed by atoms with van der Waals surface area (Å²) in [6.07, 6.45) is 7.41. The molecule has 0 atom stereocenters. The van der Waals surface area contributed by atoms with Gasteiger partial charge in [-0.25, -0.2) is 4.98 Å². The number of H-pyrrole nitrogens is 1. The number of aryl methyl sites for hydroxylation is 1. The van der Waals surface area contributed by atoms with Gasteiger partial charge >= 0.3 is 0 Å². The molecule has 35 heavy (non-hydrogen) atoms. The summed E-state index contributed by atoms with van der Waals surface area (Å²) in [7, 11) is 0. The van der Waals surface area contributed by atoms with Crippen molar-refractivity contribution >= 4 is 29.4 Å². The van der Waals surface area contributed by atoms with Crippen molar-refractivity contribution in [2.24, 2.45) is 5.92 Å². The zero-order valence-corrected chi connectivity index (χ0v) is 19.9. The standard InChI is InChI=1S/C22H23N7O2S.CH2O2/c1-14-16(10-24-27-14)22-26-19(13-32-22)21(30)25-18-12-29(11-15-5-8-31-9-6-15)28-20(18)17-4-2-3-7-23-17;2-1-3/h2-4,7,10,12-13,15H,5-6,8-9,11H2,1H3,(H,24,27)(H,25,30);1H,(H,2,3). The number of hydrogen-bond donors (Lipinski definition) is 3. The molecule has 1 fully saturated rings. The molecule has 182 valence electrons. The molecule has 1 aliphatic heterocycles. The highest BCUT2D eigenvalue weighted by molar-refractivity contribution is 7.13. The first-order chi connectivity index (χ1) is 17.1. The number of carbonyl (C=O) groups is 2. The van der Waals surface area contributed by atoms with Gasteiger partial charge in [0.05, 0.1) is 22.6 Å². The highest BCUT2D eigenvalue weighted by Gasteiger charge is 2.21. The third-order valence-electron chi connectivity index (χ3n) is 5.50. The van der Waals surface area contributed by atoms with E-state index in [1.54, 1.807) is 17.8 Å². The maximum atomic E-state index is 13.0. The van der Waals surface area contributed by atoms with Crippen molar-refractivity contribution in [2.45, 2.75) is 26.3 Å². The van der Waals surface area contributed by atoms with Crippen molar-refractivity contribution in [3.05, 3.63) is 53.6 Å². The van der Waals surface area contributed by atoms with Gasteiger partial charge in [0.1, 0.15) is 16.4 Å². The lowest BCUT2D eigenvalue weighted by Gasteiger charge is -2.21. The fourth-order valence-electron chi connectivity index (χ4n) is 3.75. The molecule has 12 heteroatoms. The molecule has 0 bridgehead atoms. The van der Waals surface area contributed by atoms with E-state index in [2.05, 4.69) is 25.5 Å². The van der Waals surface area contributed by atoms with Gasteiger partial charge in [-0.2, -0.15) is 10.2 Å². The van der Waals surface area contributed by atoms with Gasteiger partial charge in [-0.3, -0.25) is 24.4 Å². The molecule has 5 heterocycles. The molecule has 4 aromatic rings. The first-order valence-corrected chi connectivity index (χ1v) is 11.9. The largest absolute Gasteiger partial charge is 0.483 e. The fourth-order valence-corrected chi connectivity index (χ4v) is 4.62. The quantitative estimate of drug-likeness (QED) is 0.344. The number of ether oxygens (including phenoxy) is 1. The smallest absolute Gasteiger partial charge is 0.290 e. The van der Waals surface area contributed by atoms with Crippen LogP contribution in [0, 0.1) is 12.8 Å². The van der Waals surface area contributed by atoms with Crippen LogP contribution in [0.5, 0.6) is 0 Å². The van der Waals surface area contributed by atoms with Gasteiger partial charge in [-0.05, 0) is 37.8 Å². The van der Waals surface area contributed by atoms with E-state index in [4.69, 9.17) is 19.7 Å². The molecule has 0 unspecified atom stereocenters. The number of carboxylic acid groups (broad SMARTS) is 1. The van der Waals surface area contributed by atoms with E-state index in [0.717, 1.165) is 48.9 Å². The van der Waals surface area contributed by atoms with Crippen molar-refractivity contribution in [2.75, 3.05) is 18.5 Å². The summed E-state index contributed by atoms with van der Waals surface area (Å²) in [6.45, 7) is 3.99.